The lowest BCUT2D eigenvalue weighted by Crippen LogP contribution is -1.96. The fourth-order valence-corrected chi connectivity index (χ4v) is 1.51. The number of para-hydroxylation sites is 1. The van der Waals surface area contributed by atoms with E-state index in [-0.39, 0.29) is 17.1 Å². The first kappa shape index (κ1) is 12.7. The maximum atomic E-state index is 13.0. The van der Waals surface area contributed by atoms with Gasteiger partial charge in [0.1, 0.15) is 11.6 Å². The molecule has 0 bridgehead atoms. The number of benzene rings is 2. The molecule has 0 heterocycles. The second kappa shape index (κ2) is 5.26. The van der Waals surface area contributed by atoms with Crippen LogP contribution in [-0.2, 0) is 0 Å². The molecular formula is C13H8FNO4. The molecule has 2 aromatic carbocycles. The number of hydrogen-bond donors (Lipinski definition) is 0. The number of nitro benzene ring substituents is 1. The summed E-state index contributed by atoms with van der Waals surface area (Å²) in [5, 5.41) is 10.8. The van der Waals surface area contributed by atoms with E-state index in [1.165, 1.54) is 12.1 Å². The molecule has 0 aromatic heterocycles. The van der Waals surface area contributed by atoms with Crippen molar-refractivity contribution in [3.63, 3.8) is 0 Å². The molecular weight excluding hydrogens is 253 g/mol. The Hall–Kier alpha value is -2.76. The van der Waals surface area contributed by atoms with Gasteiger partial charge in [0.15, 0.2) is 6.29 Å². The normalized spacial score (nSPS) is 9.95. The van der Waals surface area contributed by atoms with Crippen molar-refractivity contribution >= 4 is 12.0 Å². The summed E-state index contributed by atoms with van der Waals surface area (Å²) in [5.41, 5.74) is -0.248. The van der Waals surface area contributed by atoms with E-state index in [4.69, 9.17) is 4.74 Å². The highest BCUT2D eigenvalue weighted by Crippen LogP contribution is 2.32. The molecule has 0 saturated heterocycles. The number of hydrogen-bond acceptors (Lipinski definition) is 4. The lowest BCUT2D eigenvalue weighted by Gasteiger charge is -2.07. The quantitative estimate of drug-likeness (QED) is 0.480. The third-order valence-electron chi connectivity index (χ3n) is 2.38. The van der Waals surface area contributed by atoms with E-state index in [1.54, 1.807) is 12.1 Å². The van der Waals surface area contributed by atoms with E-state index < -0.39 is 16.4 Å². The van der Waals surface area contributed by atoms with Gasteiger partial charge in [0.05, 0.1) is 16.6 Å². The summed E-state index contributed by atoms with van der Waals surface area (Å²) >= 11 is 0. The molecule has 0 aliphatic rings. The number of halogens is 1. The molecule has 2 rings (SSSR count). The number of nitro groups is 1. The van der Waals surface area contributed by atoms with Crippen LogP contribution in [0.1, 0.15) is 10.4 Å². The summed E-state index contributed by atoms with van der Waals surface area (Å²) in [6.07, 6.45) is 0.574. The lowest BCUT2D eigenvalue weighted by atomic mass is 10.2. The lowest BCUT2D eigenvalue weighted by molar-refractivity contribution is -0.385. The summed E-state index contributed by atoms with van der Waals surface area (Å²) in [5.74, 6) is -0.685. The molecule has 0 spiro atoms. The molecule has 0 saturated carbocycles. The minimum Gasteiger partial charge on any atom is -0.449 e. The Balaban J connectivity index is 2.43. The molecule has 0 N–H and O–H groups in total. The Morgan fingerprint density at radius 1 is 1.16 bits per heavy atom. The standard InChI is InChI=1S/C13H8FNO4/c14-10-5-6-13(11(7-10)15(17)18)19-12-4-2-1-3-9(12)8-16/h1-8H. The Morgan fingerprint density at radius 2 is 1.89 bits per heavy atom. The number of rotatable bonds is 4. The Labute approximate surface area is 107 Å². The third-order valence-corrected chi connectivity index (χ3v) is 2.38. The van der Waals surface area contributed by atoms with Crippen LogP contribution in [0.25, 0.3) is 0 Å². The van der Waals surface area contributed by atoms with Gasteiger partial charge in [-0.25, -0.2) is 4.39 Å². The Kier molecular flexibility index (Phi) is 3.51. The Bertz CT molecular complexity index is 642. The molecule has 19 heavy (non-hydrogen) atoms. The van der Waals surface area contributed by atoms with Crippen LogP contribution >= 0.6 is 0 Å². The highest BCUT2D eigenvalue weighted by Gasteiger charge is 2.17. The molecule has 0 aliphatic carbocycles. The SMILES string of the molecule is O=Cc1ccccc1Oc1ccc(F)cc1[N+](=O)[O-]. The maximum absolute atomic E-state index is 13.0. The van der Waals surface area contributed by atoms with Crippen LogP contribution in [0.3, 0.4) is 0 Å². The van der Waals surface area contributed by atoms with Crippen LogP contribution in [0.4, 0.5) is 10.1 Å². The molecule has 0 radical (unpaired) electrons. The molecule has 0 fully saturated rings. The number of carbonyl (C=O) groups excluding carboxylic acids is 1. The maximum Gasteiger partial charge on any atom is 0.314 e. The van der Waals surface area contributed by atoms with Crippen molar-refractivity contribution in [1.29, 1.82) is 0 Å². The van der Waals surface area contributed by atoms with Gasteiger partial charge in [-0.1, -0.05) is 12.1 Å². The van der Waals surface area contributed by atoms with Gasteiger partial charge in [-0.3, -0.25) is 14.9 Å². The van der Waals surface area contributed by atoms with Gasteiger partial charge < -0.3 is 4.74 Å². The van der Waals surface area contributed by atoms with Crippen molar-refractivity contribution in [2.75, 3.05) is 0 Å². The summed E-state index contributed by atoms with van der Waals surface area (Å²) in [6, 6.07) is 9.22. The summed E-state index contributed by atoms with van der Waals surface area (Å²) in [4.78, 5) is 20.9. The molecule has 0 atom stereocenters. The van der Waals surface area contributed by atoms with E-state index >= 15 is 0 Å². The minimum atomic E-state index is -0.748. The number of carbonyl (C=O) groups is 1. The second-order valence-electron chi connectivity index (χ2n) is 3.63. The van der Waals surface area contributed by atoms with Crippen molar-refractivity contribution in [2.45, 2.75) is 0 Å². The van der Waals surface area contributed by atoms with E-state index in [2.05, 4.69) is 0 Å². The van der Waals surface area contributed by atoms with Crippen LogP contribution in [0.15, 0.2) is 42.5 Å². The minimum absolute atomic E-state index is 0.124. The van der Waals surface area contributed by atoms with Crippen molar-refractivity contribution in [2.24, 2.45) is 0 Å². The van der Waals surface area contributed by atoms with Gasteiger partial charge in [0.2, 0.25) is 5.75 Å². The van der Waals surface area contributed by atoms with E-state index in [0.717, 1.165) is 18.2 Å². The number of nitrogens with zero attached hydrogens (tertiary/aromatic N) is 1. The molecule has 0 unspecified atom stereocenters. The molecule has 0 aliphatic heterocycles. The van der Waals surface area contributed by atoms with Crippen molar-refractivity contribution in [1.82, 2.24) is 0 Å². The first-order chi connectivity index (χ1) is 9.11. The zero-order chi connectivity index (χ0) is 13.8. The average molecular weight is 261 g/mol. The molecule has 2 aromatic rings. The van der Waals surface area contributed by atoms with Crippen LogP contribution in [0.5, 0.6) is 11.5 Å². The monoisotopic (exact) mass is 261 g/mol. The molecule has 0 amide bonds. The fraction of sp³-hybridized carbons (Fsp3) is 0. The highest BCUT2D eigenvalue weighted by molar-refractivity contribution is 5.79. The molecule has 6 heteroatoms. The zero-order valence-electron chi connectivity index (χ0n) is 9.58. The van der Waals surface area contributed by atoms with Crippen LogP contribution in [0.2, 0.25) is 0 Å². The van der Waals surface area contributed by atoms with Gasteiger partial charge in [-0.2, -0.15) is 0 Å². The number of ether oxygens (including phenoxy) is 1. The highest BCUT2D eigenvalue weighted by atomic mass is 19.1. The van der Waals surface area contributed by atoms with Crippen molar-refractivity contribution in [3.05, 3.63) is 64.0 Å². The van der Waals surface area contributed by atoms with Gasteiger partial charge in [-0.05, 0) is 24.3 Å². The molecule has 96 valence electrons. The average Bonchev–Trinajstić information content (AvgIpc) is 2.41. The molecule has 5 nitrogen and oxygen atoms in total. The topological polar surface area (TPSA) is 69.4 Å². The third kappa shape index (κ3) is 2.74. The van der Waals surface area contributed by atoms with Crippen LogP contribution in [0, 0.1) is 15.9 Å². The predicted molar refractivity (Wildman–Crippen MR) is 65.0 cm³/mol. The van der Waals surface area contributed by atoms with E-state index in [9.17, 15) is 19.3 Å². The number of aldehydes is 1. The van der Waals surface area contributed by atoms with Gasteiger partial charge in [0.25, 0.3) is 0 Å². The fourth-order valence-electron chi connectivity index (χ4n) is 1.51. The zero-order valence-corrected chi connectivity index (χ0v) is 9.58. The summed E-state index contributed by atoms with van der Waals surface area (Å²) < 4.78 is 18.3. The second-order valence-corrected chi connectivity index (χ2v) is 3.63. The van der Waals surface area contributed by atoms with Crippen LogP contribution in [-0.4, -0.2) is 11.2 Å². The van der Waals surface area contributed by atoms with E-state index in [0.29, 0.717) is 6.29 Å². The Morgan fingerprint density at radius 3 is 2.58 bits per heavy atom. The van der Waals surface area contributed by atoms with Gasteiger partial charge in [-0.15, -0.1) is 0 Å². The smallest absolute Gasteiger partial charge is 0.314 e. The van der Waals surface area contributed by atoms with Gasteiger partial charge in [0, 0.05) is 0 Å². The summed E-state index contributed by atoms with van der Waals surface area (Å²) in [6.45, 7) is 0. The predicted octanol–water partition coefficient (Wildman–Crippen LogP) is 3.34. The van der Waals surface area contributed by atoms with Crippen LogP contribution < -0.4 is 4.74 Å². The van der Waals surface area contributed by atoms with E-state index in [1.807, 2.05) is 0 Å². The largest absolute Gasteiger partial charge is 0.449 e. The van der Waals surface area contributed by atoms with Gasteiger partial charge >= 0.3 is 5.69 Å². The first-order valence-electron chi connectivity index (χ1n) is 5.28. The summed E-state index contributed by atoms with van der Waals surface area (Å²) in [7, 11) is 0. The van der Waals surface area contributed by atoms with Crippen molar-refractivity contribution < 1.29 is 18.8 Å². The van der Waals surface area contributed by atoms with Crippen molar-refractivity contribution in [3.8, 4) is 11.5 Å². The first-order valence-corrected chi connectivity index (χ1v) is 5.28.